The van der Waals surface area contributed by atoms with Crippen LogP contribution in [0.4, 0.5) is 5.82 Å². The molecule has 8 nitrogen and oxygen atoms in total. The second-order valence-corrected chi connectivity index (χ2v) is 11.2. The predicted octanol–water partition coefficient (Wildman–Crippen LogP) is 4.58. The highest BCUT2D eigenvalue weighted by Crippen LogP contribution is 2.35. The van der Waals surface area contributed by atoms with E-state index in [-0.39, 0.29) is 27.8 Å². The van der Waals surface area contributed by atoms with Crippen LogP contribution < -0.4 is 11.1 Å². The number of rotatable bonds is 7. The van der Waals surface area contributed by atoms with Gasteiger partial charge in [0.15, 0.2) is 0 Å². The molecule has 0 aliphatic heterocycles. The molecule has 0 saturated heterocycles. The molecule has 2 aromatic carbocycles. The van der Waals surface area contributed by atoms with E-state index in [0.717, 1.165) is 18.4 Å². The summed E-state index contributed by atoms with van der Waals surface area (Å²) >= 11 is 0. The van der Waals surface area contributed by atoms with Gasteiger partial charge < -0.3 is 21.1 Å². The minimum absolute atomic E-state index is 0.0668. The van der Waals surface area contributed by atoms with Gasteiger partial charge in [-0.25, -0.2) is 13.4 Å². The van der Waals surface area contributed by atoms with Crippen LogP contribution in [0.15, 0.2) is 88.9 Å². The Hall–Kier alpha value is -3.95. The Balaban J connectivity index is 1.59. The third kappa shape index (κ3) is 5.14. The lowest BCUT2D eigenvalue weighted by atomic mass is 9.93. The van der Waals surface area contributed by atoms with Crippen LogP contribution in [-0.4, -0.2) is 41.5 Å². The van der Waals surface area contributed by atoms with Crippen LogP contribution in [0.3, 0.4) is 0 Å². The fraction of sp³-hybridized carbons (Fsp3) is 0.214. The zero-order valence-electron chi connectivity index (χ0n) is 20.2. The molecule has 2 heterocycles. The molecule has 0 spiro atoms. The van der Waals surface area contributed by atoms with Crippen LogP contribution in [0, 0.1) is 5.41 Å². The number of aliphatic hydroxyl groups is 1. The second-order valence-electron chi connectivity index (χ2n) is 9.30. The van der Waals surface area contributed by atoms with Crippen molar-refractivity contribution >= 4 is 21.5 Å². The van der Waals surface area contributed by atoms with Crippen molar-refractivity contribution in [2.45, 2.75) is 47.6 Å². The number of nitrogens with two attached hydrogens (primary N) is 1. The minimum Gasteiger partial charge on any atom is -0.393 e. The molecule has 1 saturated carbocycles. The van der Waals surface area contributed by atoms with E-state index in [0.29, 0.717) is 41.0 Å². The molecule has 2 aromatic heterocycles. The molecule has 6 N–H and O–H groups in total. The summed E-state index contributed by atoms with van der Waals surface area (Å²) in [6.07, 6.45) is 5.71. The molecule has 1 aliphatic rings. The van der Waals surface area contributed by atoms with Gasteiger partial charge in [-0.1, -0.05) is 48.5 Å². The average molecular weight is 516 g/mol. The Morgan fingerprint density at radius 2 is 1.73 bits per heavy atom. The summed E-state index contributed by atoms with van der Waals surface area (Å²) in [6.45, 7) is 0. The molecule has 1 aliphatic carbocycles. The highest BCUT2D eigenvalue weighted by molar-refractivity contribution is 7.91. The molecule has 0 unspecified atom stereocenters. The summed E-state index contributed by atoms with van der Waals surface area (Å²) in [5, 5.41) is 21.2. The number of aromatic amines is 1. The first-order chi connectivity index (χ1) is 17.8. The lowest BCUT2D eigenvalue weighted by Crippen LogP contribution is -2.28. The summed E-state index contributed by atoms with van der Waals surface area (Å²) in [5.41, 5.74) is 8.85. The van der Waals surface area contributed by atoms with Gasteiger partial charge in [0.1, 0.15) is 11.7 Å². The molecule has 0 atom stereocenters. The number of amidine groups is 1. The van der Waals surface area contributed by atoms with E-state index in [1.807, 2.05) is 36.4 Å². The van der Waals surface area contributed by atoms with Crippen molar-refractivity contribution in [2.75, 3.05) is 5.32 Å². The standard InChI is InChI=1S/C28H29N5O3S/c29-27(30)20-8-4-7-19(15-20)24-16-23(17-32-28(24)33-21-9-11-22(34)12-10-21)37(35,36)25-13-14-31-26(25)18-5-2-1-3-6-18/h1-8,13-17,21-22,31,34H,9-12H2,(H3,29,30)(H,32,33). The molecule has 0 bridgehead atoms. The highest BCUT2D eigenvalue weighted by atomic mass is 32.2. The Morgan fingerprint density at radius 3 is 2.46 bits per heavy atom. The summed E-state index contributed by atoms with van der Waals surface area (Å²) < 4.78 is 27.6. The zero-order chi connectivity index (χ0) is 26.0. The first kappa shape index (κ1) is 24.7. The first-order valence-corrected chi connectivity index (χ1v) is 13.7. The maximum absolute atomic E-state index is 13.8. The van der Waals surface area contributed by atoms with Crippen LogP contribution in [0.1, 0.15) is 31.2 Å². The molecule has 9 heteroatoms. The van der Waals surface area contributed by atoms with E-state index in [9.17, 15) is 13.5 Å². The van der Waals surface area contributed by atoms with Gasteiger partial charge in [0.05, 0.1) is 21.6 Å². The van der Waals surface area contributed by atoms with E-state index in [4.69, 9.17) is 11.1 Å². The highest BCUT2D eigenvalue weighted by Gasteiger charge is 2.26. The molecule has 37 heavy (non-hydrogen) atoms. The number of nitrogen functional groups attached to an aromatic ring is 1. The van der Waals surface area contributed by atoms with Gasteiger partial charge in [0.2, 0.25) is 9.84 Å². The number of aliphatic hydroxyl groups excluding tert-OH is 1. The Morgan fingerprint density at radius 1 is 1.00 bits per heavy atom. The molecule has 0 radical (unpaired) electrons. The molecular formula is C28H29N5O3S. The van der Waals surface area contributed by atoms with Crippen molar-refractivity contribution in [3.63, 3.8) is 0 Å². The third-order valence-electron chi connectivity index (χ3n) is 6.76. The van der Waals surface area contributed by atoms with Crippen LogP contribution in [0.2, 0.25) is 0 Å². The Labute approximate surface area is 216 Å². The van der Waals surface area contributed by atoms with Crippen molar-refractivity contribution in [1.82, 2.24) is 9.97 Å². The summed E-state index contributed by atoms with van der Waals surface area (Å²) in [5.74, 6) is 0.479. The Bertz CT molecular complexity index is 1520. The lowest BCUT2D eigenvalue weighted by Gasteiger charge is -2.27. The van der Waals surface area contributed by atoms with E-state index in [1.54, 1.807) is 36.5 Å². The second kappa shape index (κ2) is 10.2. The zero-order valence-corrected chi connectivity index (χ0v) is 21.0. The van der Waals surface area contributed by atoms with Crippen molar-refractivity contribution in [2.24, 2.45) is 5.73 Å². The number of sulfone groups is 1. The van der Waals surface area contributed by atoms with Gasteiger partial charge in [-0.15, -0.1) is 0 Å². The van der Waals surface area contributed by atoms with E-state index in [2.05, 4.69) is 15.3 Å². The lowest BCUT2D eigenvalue weighted by molar-refractivity contribution is 0.126. The number of H-pyrrole nitrogens is 1. The van der Waals surface area contributed by atoms with Crippen LogP contribution in [0.5, 0.6) is 0 Å². The number of pyridine rings is 1. The number of benzene rings is 2. The van der Waals surface area contributed by atoms with E-state index in [1.165, 1.54) is 6.20 Å². The maximum Gasteiger partial charge on any atom is 0.210 e. The SMILES string of the molecule is N=C(N)c1cccc(-c2cc(S(=O)(=O)c3cc[nH]c3-c3ccccc3)cnc2NC2CCC(O)CC2)c1. The molecule has 190 valence electrons. The van der Waals surface area contributed by atoms with E-state index >= 15 is 0 Å². The average Bonchev–Trinajstić information content (AvgIpc) is 3.42. The Kier molecular flexibility index (Phi) is 6.82. The van der Waals surface area contributed by atoms with Gasteiger partial charge >= 0.3 is 0 Å². The molecule has 4 aromatic rings. The van der Waals surface area contributed by atoms with Crippen molar-refractivity contribution < 1.29 is 13.5 Å². The van der Waals surface area contributed by atoms with Gasteiger partial charge in [-0.3, -0.25) is 5.41 Å². The number of anilines is 1. The number of hydrogen-bond donors (Lipinski definition) is 5. The molecule has 0 amide bonds. The fourth-order valence-corrected chi connectivity index (χ4v) is 6.14. The van der Waals surface area contributed by atoms with E-state index < -0.39 is 9.84 Å². The fourth-order valence-electron chi connectivity index (χ4n) is 4.73. The minimum atomic E-state index is -3.91. The van der Waals surface area contributed by atoms with Gasteiger partial charge in [-0.2, -0.15) is 0 Å². The molecule has 1 fully saturated rings. The van der Waals surface area contributed by atoms with Crippen molar-refractivity contribution in [1.29, 1.82) is 5.41 Å². The maximum atomic E-state index is 13.8. The number of nitrogens with one attached hydrogen (secondary N) is 3. The first-order valence-electron chi connectivity index (χ1n) is 12.2. The number of hydrogen-bond acceptors (Lipinski definition) is 6. The predicted molar refractivity (Wildman–Crippen MR) is 144 cm³/mol. The number of aromatic nitrogens is 2. The van der Waals surface area contributed by atoms with Crippen LogP contribution in [-0.2, 0) is 9.84 Å². The summed E-state index contributed by atoms with van der Waals surface area (Å²) in [4.78, 5) is 7.88. The molecular weight excluding hydrogens is 486 g/mol. The van der Waals surface area contributed by atoms with Gasteiger partial charge in [0, 0.05) is 29.6 Å². The largest absolute Gasteiger partial charge is 0.393 e. The van der Waals surface area contributed by atoms with Crippen molar-refractivity contribution in [3.8, 4) is 22.4 Å². The smallest absolute Gasteiger partial charge is 0.210 e. The number of nitrogens with zero attached hydrogens (tertiary/aromatic N) is 1. The summed E-state index contributed by atoms with van der Waals surface area (Å²) in [6, 6.07) is 19.8. The third-order valence-corrected chi connectivity index (χ3v) is 8.52. The summed E-state index contributed by atoms with van der Waals surface area (Å²) in [7, 11) is -3.91. The van der Waals surface area contributed by atoms with Gasteiger partial charge in [-0.05, 0) is 55.0 Å². The monoisotopic (exact) mass is 515 g/mol. The topological polar surface area (TPSA) is 145 Å². The quantitative estimate of drug-likeness (QED) is 0.180. The van der Waals surface area contributed by atoms with Crippen molar-refractivity contribution in [3.05, 3.63) is 84.7 Å². The van der Waals surface area contributed by atoms with Gasteiger partial charge in [0.25, 0.3) is 0 Å². The van der Waals surface area contributed by atoms with Crippen LogP contribution >= 0.6 is 0 Å². The normalized spacial score (nSPS) is 17.9. The van der Waals surface area contributed by atoms with Crippen LogP contribution in [0.25, 0.3) is 22.4 Å². The molecule has 5 rings (SSSR count).